The summed E-state index contributed by atoms with van der Waals surface area (Å²) in [6.07, 6.45) is 0.992. The first kappa shape index (κ1) is 17.6. The Morgan fingerprint density at radius 2 is 1.62 bits per heavy atom. The minimum Gasteiger partial charge on any atom is -0.480 e. The van der Waals surface area contributed by atoms with E-state index in [1.54, 1.807) is 6.92 Å². The first-order valence-electron chi connectivity index (χ1n) is 5.87. The molecule has 9 heteroatoms. The number of carbonyl (C=O) groups is 1. The number of sulfonamides is 1. The molecule has 1 rings (SSSR count). The van der Waals surface area contributed by atoms with Gasteiger partial charge in [-0.1, -0.05) is 0 Å². The van der Waals surface area contributed by atoms with E-state index in [0.29, 0.717) is 9.87 Å². The summed E-state index contributed by atoms with van der Waals surface area (Å²) in [7, 11) is -6.54. The molecule has 1 aromatic carbocycles. The fraction of sp³-hybridized carbons (Fsp3) is 0.417. The molecule has 0 unspecified atom stereocenters. The second-order valence-electron chi connectivity index (χ2n) is 4.81. The smallest absolute Gasteiger partial charge is 0.318 e. The molecule has 0 amide bonds. The quantitative estimate of drug-likeness (QED) is 0.835. The van der Waals surface area contributed by atoms with Crippen LogP contribution in [-0.4, -0.2) is 52.1 Å². The number of rotatable bonds is 5. The van der Waals surface area contributed by atoms with Crippen LogP contribution in [0.3, 0.4) is 0 Å². The van der Waals surface area contributed by atoms with Gasteiger partial charge in [-0.2, -0.15) is 4.31 Å². The van der Waals surface area contributed by atoms with Crippen molar-refractivity contribution in [3.63, 3.8) is 0 Å². The van der Waals surface area contributed by atoms with Crippen molar-refractivity contribution < 1.29 is 26.7 Å². The lowest BCUT2D eigenvalue weighted by Gasteiger charge is -2.18. The van der Waals surface area contributed by atoms with Crippen LogP contribution in [0.4, 0.5) is 0 Å². The zero-order valence-corrected chi connectivity index (χ0v) is 13.7. The second-order valence-corrected chi connectivity index (χ2v) is 8.81. The molecule has 0 bridgehead atoms. The summed E-state index contributed by atoms with van der Waals surface area (Å²) in [6.45, 7) is 2.26. The van der Waals surface area contributed by atoms with Crippen molar-refractivity contribution in [1.29, 1.82) is 0 Å². The predicted octanol–water partition coefficient (Wildman–Crippen LogP) is 0.412. The second kappa shape index (κ2) is 5.74. The molecule has 21 heavy (non-hydrogen) atoms. The summed E-state index contributed by atoms with van der Waals surface area (Å²) in [5.41, 5.74) is 0.545. The van der Waals surface area contributed by atoms with E-state index >= 15 is 0 Å². The summed E-state index contributed by atoms with van der Waals surface area (Å²) in [6, 6.07) is 2.72. The summed E-state index contributed by atoms with van der Waals surface area (Å²) in [4.78, 5) is 10.4. The molecule has 0 atom stereocenters. The average Bonchev–Trinajstić information content (AvgIpc) is 2.29. The highest BCUT2D eigenvalue weighted by atomic mass is 32.2. The molecule has 0 saturated heterocycles. The Morgan fingerprint density at radius 3 is 2.05 bits per heavy atom. The van der Waals surface area contributed by atoms with Crippen LogP contribution in [0.5, 0.6) is 0 Å². The van der Waals surface area contributed by atoms with E-state index in [4.69, 9.17) is 5.11 Å². The largest absolute Gasteiger partial charge is 0.480 e. The zero-order chi connectivity index (χ0) is 16.6. The van der Waals surface area contributed by atoms with Gasteiger partial charge < -0.3 is 5.11 Å². The fourth-order valence-corrected chi connectivity index (χ4v) is 4.47. The van der Waals surface area contributed by atoms with Crippen molar-refractivity contribution in [1.82, 2.24) is 4.31 Å². The van der Waals surface area contributed by atoms with Crippen molar-refractivity contribution in [2.75, 3.05) is 19.8 Å². The molecule has 0 aliphatic heterocycles. The van der Waals surface area contributed by atoms with Gasteiger partial charge >= 0.3 is 5.97 Å². The van der Waals surface area contributed by atoms with Gasteiger partial charge in [0.1, 0.15) is 6.54 Å². The number of aliphatic carboxylic acids is 1. The monoisotopic (exact) mass is 335 g/mol. The van der Waals surface area contributed by atoms with Crippen LogP contribution < -0.4 is 0 Å². The maximum Gasteiger partial charge on any atom is 0.318 e. The van der Waals surface area contributed by atoms with E-state index in [2.05, 4.69) is 0 Å². The van der Waals surface area contributed by atoms with Crippen LogP contribution in [0, 0.1) is 13.8 Å². The van der Waals surface area contributed by atoms with Gasteiger partial charge in [0.2, 0.25) is 10.0 Å². The Balaban J connectivity index is 3.58. The maximum atomic E-state index is 12.4. The highest BCUT2D eigenvalue weighted by molar-refractivity contribution is 7.91. The molecule has 0 aliphatic carbocycles. The summed E-state index contributed by atoms with van der Waals surface area (Å²) < 4.78 is 48.9. The molecule has 1 N–H and O–H groups in total. The zero-order valence-electron chi connectivity index (χ0n) is 12.1. The summed E-state index contributed by atoms with van der Waals surface area (Å²) in [5, 5.41) is 8.70. The minimum atomic E-state index is -4.08. The molecule has 0 spiro atoms. The Labute approximate surface area is 124 Å². The number of carboxylic acids is 1. The molecule has 1 aromatic rings. The van der Waals surface area contributed by atoms with Crippen LogP contribution >= 0.6 is 0 Å². The summed E-state index contributed by atoms with van der Waals surface area (Å²) in [5.74, 6) is -1.30. The number of likely N-dealkylation sites (N-methyl/N-ethyl adjacent to an activating group) is 1. The van der Waals surface area contributed by atoms with Crippen LogP contribution in [0.1, 0.15) is 11.1 Å². The molecule has 0 radical (unpaired) electrons. The molecular formula is C12H17NO6S2. The van der Waals surface area contributed by atoms with Crippen molar-refractivity contribution in [2.24, 2.45) is 0 Å². The highest BCUT2D eigenvalue weighted by Gasteiger charge is 2.27. The Bertz CT molecular complexity index is 780. The van der Waals surface area contributed by atoms with Crippen molar-refractivity contribution in [3.05, 3.63) is 23.3 Å². The van der Waals surface area contributed by atoms with Crippen molar-refractivity contribution in [2.45, 2.75) is 23.6 Å². The average molecular weight is 335 g/mol. The number of aryl methyl sites for hydroxylation is 1. The van der Waals surface area contributed by atoms with E-state index in [1.807, 2.05) is 0 Å². The number of benzene rings is 1. The first-order valence-corrected chi connectivity index (χ1v) is 9.20. The van der Waals surface area contributed by atoms with Crippen LogP contribution in [0.2, 0.25) is 0 Å². The van der Waals surface area contributed by atoms with Crippen molar-refractivity contribution >= 4 is 25.8 Å². The molecule has 0 aromatic heterocycles. The number of hydrogen-bond acceptors (Lipinski definition) is 5. The summed E-state index contributed by atoms with van der Waals surface area (Å²) >= 11 is 0. The lowest BCUT2D eigenvalue weighted by Crippen LogP contribution is -2.32. The predicted molar refractivity (Wildman–Crippen MR) is 76.5 cm³/mol. The highest BCUT2D eigenvalue weighted by Crippen LogP contribution is 2.26. The van der Waals surface area contributed by atoms with Gasteiger partial charge in [-0.3, -0.25) is 4.79 Å². The lowest BCUT2D eigenvalue weighted by molar-refractivity contribution is -0.137. The molecule has 0 heterocycles. The maximum absolute atomic E-state index is 12.4. The van der Waals surface area contributed by atoms with Crippen LogP contribution in [-0.2, 0) is 24.7 Å². The van der Waals surface area contributed by atoms with Gasteiger partial charge in [0.05, 0.1) is 9.79 Å². The molecule has 0 fully saturated rings. The third-order valence-electron chi connectivity index (χ3n) is 2.90. The van der Waals surface area contributed by atoms with E-state index in [1.165, 1.54) is 19.1 Å². The van der Waals surface area contributed by atoms with Crippen LogP contribution in [0.25, 0.3) is 0 Å². The van der Waals surface area contributed by atoms with Gasteiger partial charge in [0.25, 0.3) is 0 Å². The third kappa shape index (κ3) is 3.80. The van der Waals surface area contributed by atoms with Gasteiger partial charge in [0, 0.05) is 13.3 Å². The van der Waals surface area contributed by atoms with E-state index in [0.717, 1.165) is 13.3 Å². The van der Waals surface area contributed by atoms with Gasteiger partial charge in [-0.25, -0.2) is 16.8 Å². The first-order chi connectivity index (χ1) is 9.37. The van der Waals surface area contributed by atoms with Crippen LogP contribution in [0.15, 0.2) is 21.9 Å². The normalized spacial score (nSPS) is 12.6. The topological polar surface area (TPSA) is 109 Å². The Kier molecular flexibility index (Phi) is 4.81. The molecular weight excluding hydrogens is 318 g/mol. The molecule has 118 valence electrons. The SMILES string of the molecule is Cc1cc(S(C)(=O)=O)c(C)c(S(=O)(=O)N(C)CC(=O)O)c1. The van der Waals surface area contributed by atoms with Gasteiger partial charge in [0.15, 0.2) is 9.84 Å². The standard InChI is InChI=1S/C12H17NO6S2/c1-8-5-10(20(4,16)17)9(2)11(6-8)21(18,19)13(3)7-12(14)15/h5-6H,7H2,1-4H3,(H,14,15). The van der Waals surface area contributed by atoms with Crippen molar-refractivity contribution in [3.8, 4) is 0 Å². The third-order valence-corrected chi connectivity index (χ3v) is 6.05. The minimum absolute atomic E-state index is 0.0789. The number of nitrogens with zero attached hydrogens (tertiary/aromatic N) is 1. The van der Waals surface area contributed by atoms with E-state index in [9.17, 15) is 21.6 Å². The number of sulfone groups is 1. The lowest BCUT2D eigenvalue weighted by atomic mass is 10.2. The van der Waals surface area contributed by atoms with Gasteiger partial charge in [-0.05, 0) is 37.1 Å². The Morgan fingerprint density at radius 1 is 1.14 bits per heavy atom. The number of hydrogen-bond donors (Lipinski definition) is 1. The Hall–Kier alpha value is -1.45. The molecule has 0 saturated carbocycles. The van der Waals surface area contributed by atoms with E-state index in [-0.39, 0.29) is 15.4 Å². The van der Waals surface area contributed by atoms with E-state index < -0.39 is 32.4 Å². The fourth-order valence-electron chi connectivity index (χ4n) is 1.89. The van der Waals surface area contributed by atoms with Gasteiger partial charge in [-0.15, -0.1) is 0 Å². The molecule has 7 nitrogen and oxygen atoms in total. The molecule has 0 aliphatic rings. The number of carboxylic acid groups (broad SMARTS) is 1.